The summed E-state index contributed by atoms with van der Waals surface area (Å²) in [4.78, 5) is 15.5. The summed E-state index contributed by atoms with van der Waals surface area (Å²) in [5.74, 6) is 0.649. The maximum absolute atomic E-state index is 11.4. The quantitative estimate of drug-likeness (QED) is 0.808. The predicted octanol–water partition coefficient (Wildman–Crippen LogP) is 3.55. The minimum absolute atomic E-state index is 0.110. The number of rotatable bonds is 4. The molecule has 2 rings (SSSR count). The standard InChI is InChI=1S/C15H14ClNO3/c1-10-12(16)6-3-7-13(10)20-15-11(5-4-8-17-15)9-14(18)19-2/h3-8H,9H2,1-2H3. The van der Waals surface area contributed by atoms with Crippen molar-refractivity contribution in [2.45, 2.75) is 13.3 Å². The Labute approximate surface area is 122 Å². The first-order valence-electron chi connectivity index (χ1n) is 6.05. The van der Waals surface area contributed by atoms with E-state index >= 15 is 0 Å². The smallest absolute Gasteiger partial charge is 0.310 e. The largest absolute Gasteiger partial charge is 0.469 e. The van der Waals surface area contributed by atoms with Gasteiger partial charge in [0.15, 0.2) is 0 Å². The van der Waals surface area contributed by atoms with Gasteiger partial charge in [-0.25, -0.2) is 4.98 Å². The first-order chi connectivity index (χ1) is 9.61. The number of pyridine rings is 1. The molecule has 0 aliphatic rings. The molecule has 104 valence electrons. The summed E-state index contributed by atoms with van der Waals surface area (Å²) in [6.45, 7) is 1.86. The highest BCUT2D eigenvalue weighted by Crippen LogP contribution is 2.30. The summed E-state index contributed by atoms with van der Waals surface area (Å²) in [6, 6.07) is 8.91. The number of esters is 1. The van der Waals surface area contributed by atoms with Crippen LogP contribution in [0.25, 0.3) is 0 Å². The molecule has 2 aromatic rings. The van der Waals surface area contributed by atoms with Gasteiger partial charge in [0, 0.05) is 22.3 Å². The fourth-order valence-electron chi connectivity index (χ4n) is 1.68. The molecule has 0 amide bonds. The van der Waals surface area contributed by atoms with E-state index in [1.54, 1.807) is 36.5 Å². The van der Waals surface area contributed by atoms with E-state index in [0.717, 1.165) is 5.56 Å². The van der Waals surface area contributed by atoms with Crippen molar-refractivity contribution in [1.29, 1.82) is 0 Å². The molecule has 1 heterocycles. The number of nitrogens with zero attached hydrogens (tertiary/aromatic N) is 1. The third kappa shape index (κ3) is 3.27. The molecule has 5 heteroatoms. The lowest BCUT2D eigenvalue weighted by molar-refractivity contribution is -0.139. The van der Waals surface area contributed by atoms with Crippen molar-refractivity contribution >= 4 is 17.6 Å². The maximum Gasteiger partial charge on any atom is 0.310 e. The van der Waals surface area contributed by atoms with Crippen LogP contribution >= 0.6 is 11.6 Å². The Morgan fingerprint density at radius 2 is 2.10 bits per heavy atom. The van der Waals surface area contributed by atoms with Gasteiger partial charge in [0.05, 0.1) is 13.5 Å². The van der Waals surface area contributed by atoms with Gasteiger partial charge in [-0.2, -0.15) is 0 Å². The Morgan fingerprint density at radius 3 is 2.85 bits per heavy atom. The van der Waals surface area contributed by atoms with Gasteiger partial charge in [0.25, 0.3) is 0 Å². The topological polar surface area (TPSA) is 48.4 Å². The molecule has 0 N–H and O–H groups in total. The van der Waals surface area contributed by atoms with Gasteiger partial charge in [0.1, 0.15) is 5.75 Å². The molecule has 0 saturated heterocycles. The molecular formula is C15H14ClNO3. The Hall–Kier alpha value is -2.07. The molecule has 20 heavy (non-hydrogen) atoms. The van der Waals surface area contributed by atoms with Crippen molar-refractivity contribution < 1.29 is 14.3 Å². The number of halogens is 1. The van der Waals surface area contributed by atoms with E-state index in [9.17, 15) is 4.79 Å². The van der Waals surface area contributed by atoms with Gasteiger partial charge in [-0.15, -0.1) is 0 Å². The summed E-state index contributed by atoms with van der Waals surface area (Å²) < 4.78 is 10.4. The van der Waals surface area contributed by atoms with Crippen molar-refractivity contribution in [3.05, 3.63) is 52.7 Å². The number of ether oxygens (including phenoxy) is 2. The molecular weight excluding hydrogens is 278 g/mol. The van der Waals surface area contributed by atoms with Crippen LogP contribution in [0, 0.1) is 6.92 Å². The van der Waals surface area contributed by atoms with Crippen molar-refractivity contribution in [3.63, 3.8) is 0 Å². The maximum atomic E-state index is 11.4. The average molecular weight is 292 g/mol. The summed E-state index contributed by atoms with van der Waals surface area (Å²) in [5, 5.41) is 0.618. The van der Waals surface area contributed by atoms with Crippen LogP contribution in [0.2, 0.25) is 5.02 Å². The van der Waals surface area contributed by atoms with Crippen LogP contribution in [0.5, 0.6) is 11.6 Å². The van der Waals surface area contributed by atoms with Crippen molar-refractivity contribution in [1.82, 2.24) is 4.98 Å². The van der Waals surface area contributed by atoms with Crippen LogP contribution in [-0.4, -0.2) is 18.1 Å². The third-order valence-electron chi connectivity index (χ3n) is 2.84. The Kier molecular flexibility index (Phi) is 4.58. The normalized spacial score (nSPS) is 10.2. The highest BCUT2D eigenvalue weighted by molar-refractivity contribution is 6.31. The van der Waals surface area contributed by atoms with E-state index in [-0.39, 0.29) is 12.4 Å². The zero-order valence-electron chi connectivity index (χ0n) is 11.2. The summed E-state index contributed by atoms with van der Waals surface area (Å²) in [5.41, 5.74) is 1.49. The number of methoxy groups -OCH3 is 1. The van der Waals surface area contributed by atoms with Crippen LogP contribution in [0.15, 0.2) is 36.5 Å². The van der Waals surface area contributed by atoms with Crippen LogP contribution < -0.4 is 4.74 Å². The highest BCUT2D eigenvalue weighted by atomic mass is 35.5. The Morgan fingerprint density at radius 1 is 1.30 bits per heavy atom. The lowest BCUT2D eigenvalue weighted by atomic mass is 10.2. The van der Waals surface area contributed by atoms with Crippen molar-refractivity contribution in [3.8, 4) is 11.6 Å². The molecule has 0 unspecified atom stereocenters. The molecule has 4 nitrogen and oxygen atoms in total. The lowest BCUT2D eigenvalue weighted by Crippen LogP contribution is -2.06. The SMILES string of the molecule is COC(=O)Cc1cccnc1Oc1cccc(Cl)c1C. The average Bonchev–Trinajstić information content (AvgIpc) is 2.45. The molecule has 0 aliphatic heterocycles. The second-order valence-corrected chi connectivity index (χ2v) is 4.59. The van der Waals surface area contributed by atoms with Crippen LogP contribution in [0.4, 0.5) is 0 Å². The fourth-order valence-corrected chi connectivity index (χ4v) is 1.85. The first-order valence-corrected chi connectivity index (χ1v) is 6.43. The minimum Gasteiger partial charge on any atom is -0.469 e. The van der Waals surface area contributed by atoms with Crippen LogP contribution in [-0.2, 0) is 16.0 Å². The van der Waals surface area contributed by atoms with E-state index in [1.807, 2.05) is 6.92 Å². The minimum atomic E-state index is -0.342. The molecule has 0 fully saturated rings. The molecule has 0 atom stereocenters. The number of aromatic nitrogens is 1. The van der Waals surface area contributed by atoms with Gasteiger partial charge in [0.2, 0.25) is 5.88 Å². The van der Waals surface area contributed by atoms with E-state index in [4.69, 9.17) is 16.3 Å². The van der Waals surface area contributed by atoms with Gasteiger partial charge < -0.3 is 9.47 Å². The molecule has 0 bridgehead atoms. The molecule has 0 spiro atoms. The van der Waals surface area contributed by atoms with Crippen LogP contribution in [0.1, 0.15) is 11.1 Å². The number of carbonyl (C=O) groups excluding carboxylic acids is 1. The van der Waals surface area contributed by atoms with E-state index in [1.165, 1.54) is 7.11 Å². The van der Waals surface area contributed by atoms with Crippen LogP contribution in [0.3, 0.4) is 0 Å². The second-order valence-electron chi connectivity index (χ2n) is 4.19. The molecule has 0 aliphatic carbocycles. The van der Waals surface area contributed by atoms with E-state index in [0.29, 0.717) is 22.2 Å². The molecule has 1 aromatic heterocycles. The summed E-state index contributed by atoms with van der Waals surface area (Å²) >= 11 is 6.05. The number of benzene rings is 1. The first kappa shape index (κ1) is 14.3. The van der Waals surface area contributed by atoms with Gasteiger partial charge >= 0.3 is 5.97 Å². The molecule has 0 radical (unpaired) electrons. The van der Waals surface area contributed by atoms with Crippen molar-refractivity contribution in [2.24, 2.45) is 0 Å². The molecule has 1 aromatic carbocycles. The van der Waals surface area contributed by atoms with Gasteiger partial charge in [-0.1, -0.05) is 23.7 Å². The zero-order chi connectivity index (χ0) is 14.5. The van der Waals surface area contributed by atoms with E-state index < -0.39 is 0 Å². The number of hydrogen-bond acceptors (Lipinski definition) is 4. The fraction of sp³-hybridized carbons (Fsp3) is 0.200. The third-order valence-corrected chi connectivity index (χ3v) is 3.25. The van der Waals surface area contributed by atoms with Gasteiger partial charge in [-0.3, -0.25) is 4.79 Å². The highest BCUT2D eigenvalue weighted by Gasteiger charge is 2.12. The molecule has 0 saturated carbocycles. The second kappa shape index (κ2) is 6.39. The number of hydrogen-bond donors (Lipinski definition) is 0. The summed E-state index contributed by atoms with van der Waals surface area (Å²) in [7, 11) is 1.35. The number of carbonyl (C=O) groups is 1. The summed E-state index contributed by atoms with van der Waals surface area (Å²) in [6.07, 6.45) is 1.72. The van der Waals surface area contributed by atoms with E-state index in [2.05, 4.69) is 9.72 Å². The van der Waals surface area contributed by atoms with Gasteiger partial charge in [-0.05, 0) is 25.1 Å². The Bertz CT molecular complexity index is 628. The van der Waals surface area contributed by atoms with Crippen molar-refractivity contribution in [2.75, 3.05) is 7.11 Å². The lowest BCUT2D eigenvalue weighted by Gasteiger charge is -2.11. The Balaban J connectivity index is 2.29. The zero-order valence-corrected chi connectivity index (χ0v) is 12.0. The predicted molar refractivity (Wildman–Crippen MR) is 76.2 cm³/mol. The monoisotopic (exact) mass is 291 g/mol.